The SMILES string of the molecule is CCc1c(OC)c(O)c(C(C(C)(C)CC(C)C)C(C)(C)CC(C)(C)C)c(OC)c1S(=O)(=O)O. The predicted octanol–water partition coefficient (Wildman–Crippen LogP) is 6.84. The van der Waals surface area contributed by atoms with Crippen LogP contribution in [0.15, 0.2) is 4.90 Å². The smallest absolute Gasteiger partial charge is 0.298 e. The molecule has 1 atom stereocenters. The number of hydrogen-bond donors (Lipinski definition) is 2. The zero-order valence-corrected chi connectivity index (χ0v) is 23.5. The van der Waals surface area contributed by atoms with Gasteiger partial charge in [-0.1, -0.05) is 69.2 Å². The number of methoxy groups -OCH3 is 2. The van der Waals surface area contributed by atoms with Gasteiger partial charge in [-0.15, -0.1) is 0 Å². The second-order valence-electron chi connectivity index (χ2n) is 12.2. The van der Waals surface area contributed by atoms with Crippen molar-refractivity contribution in [3.8, 4) is 17.2 Å². The summed E-state index contributed by atoms with van der Waals surface area (Å²) in [4.78, 5) is -0.325. The van der Waals surface area contributed by atoms with Crippen LogP contribution in [0.2, 0.25) is 0 Å². The summed E-state index contributed by atoms with van der Waals surface area (Å²) in [6.07, 6.45) is 1.88. The van der Waals surface area contributed by atoms with Crippen LogP contribution in [-0.4, -0.2) is 32.3 Å². The van der Waals surface area contributed by atoms with Gasteiger partial charge >= 0.3 is 0 Å². The molecule has 0 fully saturated rings. The van der Waals surface area contributed by atoms with E-state index >= 15 is 0 Å². The van der Waals surface area contributed by atoms with Crippen LogP contribution < -0.4 is 9.47 Å². The van der Waals surface area contributed by atoms with Crippen LogP contribution in [0.1, 0.15) is 99.1 Å². The Morgan fingerprint density at radius 3 is 1.73 bits per heavy atom. The average Bonchev–Trinajstić information content (AvgIpc) is 2.57. The molecule has 192 valence electrons. The van der Waals surface area contributed by atoms with E-state index in [1.165, 1.54) is 14.2 Å². The Bertz CT molecular complexity index is 937. The summed E-state index contributed by atoms with van der Waals surface area (Å²) in [5.41, 5.74) is -0.150. The van der Waals surface area contributed by atoms with Crippen molar-refractivity contribution in [1.82, 2.24) is 0 Å². The monoisotopic (exact) mass is 486 g/mol. The molecule has 0 saturated heterocycles. The lowest BCUT2D eigenvalue weighted by Crippen LogP contribution is -2.38. The van der Waals surface area contributed by atoms with E-state index in [-0.39, 0.29) is 56.3 Å². The highest BCUT2D eigenvalue weighted by Crippen LogP contribution is 2.61. The second-order valence-corrected chi connectivity index (χ2v) is 13.6. The maximum Gasteiger partial charge on any atom is 0.298 e. The number of phenols is 1. The summed E-state index contributed by atoms with van der Waals surface area (Å²) < 4.78 is 46.6. The maximum atomic E-state index is 12.6. The van der Waals surface area contributed by atoms with Crippen LogP contribution in [0.25, 0.3) is 0 Å². The van der Waals surface area contributed by atoms with Crippen LogP contribution in [0.5, 0.6) is 17.2 Å². The molecule has 2 N–H and O–H groups in total. The minimum absolute atomic E-state index is 0.00327. The van der Waals surface area contributed by atoms with Gasteiger partial charge in [0.25, 0.3) is 10.1 Å². The summed E-state index contributed by atoms with van der Waals surface area (Å²) in [6, 6.07) is 0. The van der Waals surface area contributed by atoms with Gasteiger partial charge in [-0.2, -0.15) is 8.42 Å². The third-order valence-corrected chi connectivity index (χ3v) is 7.21. The highest BCUT2D eigenvalue weighted by molar-refractivity contribution is 7.86. The van der Waals surface area contributed by atoms with Crippen molar-refractivity contribution in [2.24, 2.45) is 22.2 Å². The third-order valence-electron chi connectivity index (χ3n) is 6.26. The van der Waals surface area contributed by atoms with Crippen molar-refractivity contribution in [3.63, 3.8) is 0 Å². The van der Waals surface area contributed by atoms with Crippen LogP contribution in [-0.2, 0) is 16.5 Å². The summed E-state index contributed by atoms with van der Waals surface area (Å²) in [6.45, 7) is 21.1. The first kappa shape index (κ1) is 29.6. The minimum atomic E-state index is -4.66. The van der Waals surface area contributed by atoms with Gasteiger partial charge < -0.3 is 14.6 Å². The molecule has 1 aromatic rings. The van der Waals surface area contributed by atoms with Gasteiger partial charge in [0, 0.05) is 17.0 Å². The Balaban J connectivity index is 4.30. The highest BCUT2D eigenvalue weighted by Gasteiger charge is 2.48. The van der Waals surface area contributed by atoms with Crippen molar-refractivity contribution in [3.05, 3.63) is 11.1 Å². The van der Waals surface area contributed by atoms with Crippen molar-refractivity contribution >= 4 is 10.1 Å². The Hall–Kier alpha value is -1.47. The first-order valence-electron chi connectivity index (χ1n) is 11.7. The summed E-state index contributed by atoms with van der Waals surface area (Å²) in [5, 5.41) is 11.6. The van der Waals surface area contributed by atoms with Gasteiger partial charge in [0.1, 0.15) is 10.6 Å². The molecule has 0 aliphatic heterocycles. The molecular weight excluding hydrogens is 440 g/mol. The lowest BCUT2D eigenvalue weighted by atomic mass is 9.56. The van der Waals surface area contributed by atoms with E-state index in [1.807, 2.05) is 0 Å². The Morgan fingerprint density at radius 2 is 1.39 bits per heavy atom. The number of aromatic hydroxyl groups is 1. The van der Waals surface area contributed by atoms with E-state index in [4.69, 9.17) is 9.47 Å². The van der Waals surface area contributed by atoms with Crippen molar-refractivity contribution < 1.29 is 27.6 Å². The number of benzene rings is 1. The first-order chi connectivity index (χ1) is 14.7. The zero-order valence-electron chi connectivity index (χ0n) is 22.7. The molecule has 1 rings (SSSR count). The van der Waals surface area contributed by atoms with Gasteiger partial charge in [-0.3, -0.25) is 4.55 Å². The molecule has 0 aliphatic carbocycles. The van der Waals surface area contributed by atoms with Gasteiger partial charge in [0.15, 0.2) is 11.5 Å². The molecular formula is C26H46O6S. The number of ether oxygens (including phenoxy) is 2. The fourth-order valence-corrected chi connectivity index (χ4v) is 7.47. The largest absolute Gasteiger partial charge is 0.504 e. The molecule has 1 aromatic carbocycles. The van der Waals surface area contributed by atoms with Crippen molar-refractivity contribution in [2.75, 3.05) is 14.2 Å². The van der Waals surface area contributed by atoms with E-state index in [2.05, 4.69) is 62.3 Å². The van der Waals surface area contributed by atoms with Gasteiger partial charge in [0.2, 0.25) is 0 Å². The summed E-state index contributed by atoms with van der Waals surface area (Å²) in [5.74, 6) is 0.0116. The number of hydrogen-bond acceptors (Lipinski definition) is 5. The molecule has 33 heavy (non-hydrogen) atoms. The fraction of sp³-hybridized carbons (Fsp3) is 0.769. The molecule has 0 amide bonds. The number of rotatable bonds is 10. The van der Waals surface area contributed by atoms with Crippen LogP contribution in [0, 0.1) is 22.2 Å². The van der Waals surface area contributed by atoms with Gasteiger partial charge in [-0.05, 0) is 41.4 Å². The zero-order chi connectivity index (χ0) is 26.2. The highest BCUT2D eigenvalue weighted by atomic mass is 32.2. The molecule has 0 spiro atoms. The molecule has 6 nitrogen and oxygen atoms in total. The number of phenolic OH excluding ortho intramolecular Hbond substituents is 1. The molecule has 0 bridgehead atoms. The normalized spacial score (nSPS) is 14.5. The standard InChI is InChI=1S/C26H46O6S/c1-13-17-20(31-11)19(27)18(21(32-12)22(17)33(28,29)30)23(25(7,8)14-16(2)3)26(9,10)15-24(4,5)6/h16,23,27H,13-15H2,1-12H3,(H,28,29,30). The fourth-order valence-electron chi connectivity index (χ4n) is 6.50. The minimum Gasteiger partial charge on any atom is -0.504 e. The van der Waals surface area contributed by atoms with Crippen molar-refractivity contribution in [2.45, 2.75) is 99.3 Å². The molecule has 0 radical (unpaired) electrons. The van der Waals surface area contributed by atoms with Crippen molar-refractivity contribution in [1.29, 1.82) is 0 Å². The quantitative estimate of drug-likeness (QED) is 0.352. The Labute approximate surface area is 201 Å². The molecule has 0 saturated carbocycles. The van der Waals surface area contributed by atoms with Gasteiger partial charge in [0.05, 0.1) is 14.2 Å². The van der Waals surface area contributed by atoms with Crippen LogP contribution >= 0.6 is 0 Å². The first-order valence-corrected chi connectivity index (χ1v) is 13.2. The average molecular weight is 487 g/mol. The van der Waals surface area contributed by atoms with Crippen LogP contribution in [0.3, 0.4) is 0 Å². The maximum absolute atomic E-state index is 12.6. The molecule has 0 heterocycles. The van der Waals surface area contributed by atoms with Crippen LogP contribution in [0.4, 0.5) is 0 Å². The van der Waals surface area contributed by atoms with E-state index < -0.39 is 10.1 Å². The Kier molecular flexibility index (Phi) is 8.98. The molecule has 0 aliphatic rings. The predicted molar refractivity (Wildman–Crippen MR) is 134 cm³/mol. The lowest BCUT2D eigenvalue weighted by Gasteiger charge is -2.49. The van der Waals surface area contributed by atoms with E-state index in [9.17, 15) is 18.1 Å². The molecule has 7 heteroatoms. The molecule has 1 unspecified atom stereocenters. The topological polar surface area (TPSA) is 93.1 Å². The summed E-state index contributed by atoms with van der Waals surface area (Å²) >= 11 is 0. The third kappa shape index (κ3) is 6.56. The van der Waals surface area contributed by atoms with E-state index in [0.717, 1.165) is 12.8 Å². The van der Waals surface area contributed by atoms with E-state index in [0.29, 0.717) is 11.5 Å². The second kappa shape index (κ2) is 10.0. The Morgan fingerprint density at radius 1 is 0.909 bits per heavy atom. The molecule has 0 aromatic heterocycles. The lowest BCUT2D eigenvalue weighted by molar-refractivity contribution is 0.0748. The van der Waals surface area contributed by atoms with Gasteiger partial charge in [-0.25, -0.2) is 0 Å². The van der Waals surface area contributed by atoms with E-state index in [1.54, 1.807) is 6.92 Å². The summed E-state index contributed by atoms with van der Waals surface area (Å²) in [7, 11) is -1.89.